The smallest absolute Gasteiger partial charge is 0.379 e. The zero-order valence-electron chi connectivity index (χ0n) is 13.5. The van der Waals surface area contributed by atoms with E-state index in [1.807, 2.05) is 6.92 Å². The van der Waals surface area contributed by atoms with Crippen LogP contribution in [0.3, 0.4) is 0 Å². The van der Waals surface area contributed by atoms with Crippen molar-refractivity contribution >= 4 is 17.9 Å². The molecule has 8 nitrogen and oxygen atoms in total. The summed E-state index contributed by atoms with van der Waals surface area (Å²) in [5.74, 6) is -2.44. The van der Waals surface area contributed by atoms with E-state index in [-0.39, 0.29) is 18.1 Å². The van der Waals surface area contributed by atoms with Crippen LogP contribution in [0, 0.1) is 6.92 Å². The van der Waals surface area contributed by atoms with E-state index in [1.165, 1.54) is 17.0 Å². The van der Waals surface area contributed by atoms with E-state index in [2.05, 4.69) is 0 Å². The molecule has 0 bridgehead atoms. The predicted octanol–water partition coefficient (Wildman–Crippen LogP) is 1.78. The van der Waals surface area contributed by atoms with E-state index in [4.69, 9.17) is 19.4 Å². The number of hydrogen-bond acceptors (Lipinski definition) is 6. The number of esters is 1. The van der Waals surface area contributed by atoms with E-state index in [1.54, 1.807) is 24.3 Å². The van der Waals surface area contributed by atoms with Crippen molar-refractivity contribution < 1.29 is 33.8 Å². The summed E-state index contributed by atoms with van der Waals surface area (Å²) < 4.78 is 10.5. The Labute approximate surface area is 143 Å². The number of benzene rings is 1. The third-order valence-corrected chi connectivity index (χ3v) is 3.19. The van der Waals surface area contributed by atoms with Gasteiger partial charge in [0.2, 0.25) is 5.76 Å². The van der Waals surface area contributed by atoms with Gasteiger partial charge < -0.3 is 19.4 Å². The zero-order chi connectivity index (χ0) is 18.4. The van der Waals surface area contributed by atoms with Crippen LogP contribution >= 0.6 is 0 Å². The highest BCUT2D eigenvalue weighted by atomic mass is 16.5. The molecular formula is C17H17NO7. The lowest BCUT2D eigenvalue weighted by Gasteiger charge is -2.15. The van der Waals surface area contributed by atoms with Gasteiger partial charge in [0, 0.05) is 0 Å². The Balaban J connectivity index is 2.02. The lowest BCUT2D eigenvalue weighted by Crippen LogP contribution is -2.33. The van der Waals surface area contributed by atoms with E-state index in [0.717, 1.165) is 5.56 Å². The second kappa shape index (κ2) is 8.11. The van der Waals surface area contributed by atoms with Gasteiger partial charge in [0.05, 0.1) is 19.6 Å². The number of ether oxygens (including phenoxy) is 1. The molecule has 2 rings (SSSR count). The minimum Gasteiger partial charge on any atom is -0.480 e. The molecule has 1 aromatic heterocycles. The Bertz CT molecular complexity index is 748. The maximum Gasteiger partial charge on any atom is 0.379 e. The summed E-state index contributed by atoms with van der Waals surface area (Å²) in [4.78, 5) is 34.8. The molecule has 1 aromatic carbocycles. The third-order valence-electron chi connectivity index (χ3n) is 3.19. The normalized spacial score (nSPS) is 10.6. The summed E-state index contributed by atoms with van der Waals surface area (Å²) in [6, 6.07) is 9.77. The van der Waals surface area contributed by atoms with Crippen molar-refractivity contribution in [2.24, 2.45) is 0 Å². The average molecular weight is 347 g/mol. The standard InChI is InChI=1S/C17H17NO7/c1-11-2-4-12(5-3-11)25-17(23)14-7-6-13(24-14)8-18(9-15(19)20)10-16(21)22/h2-7H,8-10H2,1H3,(H,19,20)(H,21,22). The van der Waals surface area contributed by atoms with Crippen LogP contribution in [0.2, 0.25) is 0 Å². The summed E-state index contributed by atoms with van der Waals surface area (Å²) in [6.07, 6.45) is 0. The van der Waals surface area contributed by atoms with Crippen LogP contribution in [0.15, 0.2) is 40.8 Å². The van der Waals surface area contributed by atoms with Crippen molar-refractivity contribution in [1.82, 2.24) is 4.90 Å². The maximum atomic E-state index is 12.0. The summed E-state index contributed by atoms with van der Waals surface area (Å²) in [5.41, 5.74) is 1.03. The molecule has 2 aromatic rings. The molecule has 0 radical (unpaired) electrons. The third kappa shape index (κ3) is 5.78. The molecule has 0 amide bonds. The zero-order valence-corrected chi connectivity index (χ0v) is 13.5. The Kier molecular flexibility index (Phi) is 5.91. The second-order valence-corrected chi connectivity index (χ2v) is 5.40. The number of rotatable bonds is 8. The van der Waals surface area contributed by atoms with E-state index < -0.39 is 31.0 Å². The van der Waals surface area contributed by atoms with Crippen LogP contribution in [0.5, 0.6) is 5.75 Å². The fourth-order valence-corrected chi connectivity index (χ4v) is 2.11. The number of nitrogens with zero attached hydrogens (tertiary/aromatic N) is 1. The highest BCUT2D eigenvalue weighted by Crippen LogP contribution is 2.16. The highest BCUT2D eigenvalue weighted by molar-refractivity contribution is 5.88. The Morgan fingerprint density at radius 1 is 1.00 bits per heavy atom. The molecule has 0 atom stereocenters. The molecule has 0 spiro atoms. The highest BCUT2D eigenvalue weighted by Gasteiger charge is 2.18. The van der Waals surface area contributed by atoms with Gasteiger partial charge in [-0.05, 0) is 31.2 Å². The number of aliphatic carboxylic acids is 2. The van der Waals surface area contributed by atoms with Gasteiger partial charge in [0.1, 0.15) is 11.5 Å². The molecule has 1 heterocycles. The molecule has 2 N–H and O–H groups in total. The van der Waals surface area contributed by atoms with Crippen LogP contribution < -0.4 is 4.74 Å². The van der Waals surface area contributed by atoms with Crippen molar-refractivity contribution in [1.29, 1.82) is 0 Å². The first-order valence-corrected chi connectivity index (χ1v) is 7.37. The Morgan fingerprint density at radius 3 is 2.16 bits per heavy atom. The lowest BCUT2D eigenvalue weighted by molar-refractivity contribution is -0.142. The summed E-state index contributed by atoms with van der Waals surface area (Å²) >= 11 is 0. The number of carbonyl (C=O) groups excluding carboxylic acids is 1. The van der Waals surface area contributed by atoms with E-state index in [0.29, 0.717) is 5.75 Å². The first-order chi connectivity index (χ1) is 11.8. The second-order valence-electron chi connectivity index (χ2n) is 5.40. The van der Waals surface area contributed by atoms with Gasteiger partial charge in [0.15, 0.2) is 0 Å². The Morgan fingerprint density at radius 2 is 1.60 bits per heavy atom. The molecule has 0 aliphatic carbocycles. The van der Waals surface area contributed by atoms with Gasteiger partial charge in [-0.2, -0.15) is 0 Å². The Hall–Kier alpha value is -3.13. The molecule has 0 unspecified atom stereocenters. The fourth-order valence-electron chi connectivity index (χ4n) is 2.11. The van der Waals surface area contributed by atoms with Crippen molar-refractivity contribution in [2.75, 3.05) is 13.1 Å². The van der Waals surface area contributed by atoms with Crippen LogP contribution in [0.4, 0.5) is 0 Å². The van der Waals surface area contributed by atoms with E-state index >= 15 is 0 Å². The monoisotopic (exact) mass is 347 g/mol. The number of hydrogen-bond donors (Lipinski definition) is 2. The molecular weight excluding hydrogens is 330 g/mol. The quantitative estimate of drug-likeness (QED) is 0.548. The van der Waals surface area contributed by atoms with Gasteiger partial charge in [-0.15, -0.1) is 0 Å². The van der Waals surface area contributed by atoms with Gasteiger partial charge in [-0.25, -0.2) is 4.79 Å². The summed E-state index contributed by atoms with van der Waals surface area (Å²) in [5, 5.41) is 17.6. The molecule has 8 heteroatoms. The van der Waals surface area contributed by atoms with Gasteiger partial charge in [-0.1, -0.05) is 17.7 Å². The number of carbonyl (C=O) groups is 3. The van der Waals surface area contributed by atoms with Crippen molar-refractivity contribution in [3.8, 4) is 5.75 Å². The SMILES string of the molecule is Cc1ccc(OC(=O)c2ccc(CN(CC(=O)O)CC(=O)O)o2)cc1. The minimum atomic E-state index is -1.16. The number of carboxylic acid groups (broad SMARTS) is 2. The topological polar surface area (TPSA) is 117 Å². The first kappa shape index (κ1) is 18.2. The number of furan rings is 1. The fraction of sp³-hybridized carbons (Fsp3) is 0.235. The lowest BCUT2D eigenvalue weighted by atomic mass is 10.2. The van der Waals surface area contributed by atoms with E-state index in [9.17, 15) is 14.4 Å². The van der Waals surface area contributed by atoms with Gasteiger partial charge in [-0.3, -0.25) is 14.5 Å². The van der Waals surface area contributed by atoms with Crippen LogP contribution in [0.25, 0.3) is 0 Å². The van der Waals surface area contributed by atoms with Crippen LogP contribution in [0.1, 0.15) is 21.9 Å². The summed E-state index contributed by atoms with van der Waals surface area (Å²) in [6.45, 7) is 0.924. The molecule has 0 fully saturated rings. The molecule has 0 aliphatic rings. The number of carboxylic acids is 2. The van der Waals surface area contributed by atoms with Crippen molar-refractivity contribution in [3.63, 3.8) is 0 Å². The molecule has 0 aliphatic heterocycles. The largest absolute Gasteiger partial charge is 0.480 e. The summed E-state index contributed by atoms with van der Waals surface area (Å²) in [7, 11) is 0. The van der Waals surface area contributed by atoms with Crippen LogP contribution in [-0.4, -0.2) is 46.1 Å². The average Bonchev–Trinajstić information content (AvgIpc) is 2.97. The first-order valence-electron chi connectivity index (χ1n) is 7.37. The molecule has 25 heavy (non-hydrogen) atoms. The minimum absolute atomic E-state index is 0.0545. The van der Waals surface area contributed by atoms with Crippen molar-refractivity contribution in [2.45, 2.75) is 13.5 Å². The number of aryl methyl sites for hydroxylation is 1. The van der Waals surface area contributed by atoms with Crippen LogP contribution in [-0.2, 0) is 16.1 Å². The van der Waals surface area contributed by atoms with Crippen molar-refractivity contribution in [3.05, 3.63) is 53.5 Å². The maximum absolute atomic E-state index is 12.0. The molecule has 0 saturated heterocycles. The molecule has 132 valence electrons. The van der Waals surface area contributed by atoms with Gasteiger partial charge >= 0.3 is 17.9 Å². The molecule has 0 saturated carbocycles. The van der Waals surface area contributed by atoms with Gasteiger partial charge in [0.25, 0.3) is 0 Å². The predicted molar refractivity (Wildman–Crippen MR) is 85.4 cm³/mol.